The van der Waals surface area contributed by atoms with Crippen LogP contribution in [0.15, 0.2) is 42.5 Å². The van der Waals surface area contributed by atoms with Gasteiger partial charge in [-0.2, -0.15) is 0 Å². The zero-order chi connectivity index (χ0) is 12.4. The minimum Gasteiger partial charge on any atom is -0.508 e. The average molecular weight is 224 g/mol. The summed E-state index contributed by atoms with van der Waals surface area (Å²) in [5.41, 5.74) is 0.350. The van der Waals surface area contributed by atoms with E-state index in [1.165, 1.54) is 0 Å². The van der Waals surface area contributed by atoms with Gasteiger partial charge in [0.05, 0.1) is 6.61 Å². The Hall–Kier alpha value is -1.81. The Morgan fingerprint density at radius 1 is 1.38 bits per heavy atom. The number of esters is 1. The summed E-state index contributed by atoms with van der Waals surface area (Å²) < 4.78 is 4.46. The highest BCUT2D eigenvalue weighted by Crippen LogP contribution is 2.02. The van der Waals surface area contributed by atoms with Gasteiger partial charge in [0.2, 0.25) is 0 Å². The van der Waals surface area contributed by atoms with E-state index in [4.69, 9.17) is 10.2 Å². The molecule has 1 aromatic carbocycles. The van der Waals surface area contributed by atoms with Crippen molar-refractivity contribution in [3.63, 3.8) is 0 Å². The van der Waals surface area contributed by atoms with Crippen LogP contribution in [0.25, 0.3) is 0 Å². The molecule has 1 rings (SSSR count). The fourth-order valence-electron chi connectivity index (χ4n) is 0.690. The lowest BCUT2D eigenvalue weighted by Crippen LogP contribution is -2.08. The smallest absolute Gasteiger partial charge is 0.333 e. The summed E-state index contributed by atoms with van der Waals surface area (Å²) in [6.45, 7) is 4.81. The lowest BCUT2D eigenvalue weighted by molar-refractivity contribution is -0.139. The summed E-state index contributed by atoms with van der Waals surface area (Å²) in [7, 11) is 0. The van der Waals surface area contributed by atoms with E-state index in [-0.39, 0.29) is 13.2 Å². The van der Waals surface area contributed by atoms with Gasteiger partial charge in [-0.3, -0.25) is 0 Å². The first-order valence-corrected chi connectivity index (χ1v) is 4.75. The zero-order valence-corrected chi connectivity index (χ0v) is 9.22. The van der Waals surface area contributed by atoms with E-state index < -0.39 is 5.97 Å². The molecule has 0 radical (unpaired) electrons. The molecule has 88 valence electrons. The number of phenols is 1. The number of carbonyl (C=O) groups excluding carboxylic acids is 1. The molecule has 4 heteroatoms. The Morgan fingerprint density at radius 2 is 1.94 bits per heavy atom. The van der Waals surface area contributed by atoms with Gasteiger partial charge < -0.3 is 14.9 Å². The van der Waals surface area contributed by atoms with Crippen LogP contribution in [-0.2, 0) is 9.53 Å². The second kappa shape index (κ2) is 8.49. The molecule has 0 atom stereocenters. The van der Waals surface area contributed by atoms with Crippen molar-refractivity contribution in [2.24, 2.45) is 0 Å². The topological polar surface area (TPSA) is 66.8 Å². The largest absolute Gasteiger partial charge is 0.508 e. The molecule has 0 amide bonds. The third-order valence-electron chi connectivity index (χ3n) is 1.43. The number of aliphatic hydroxyl groups excluding tert-OH is 1. The van der Waals surface area contributed by atoms with Crippen molar-refractivity contribution in [3.05, 3.63) is 42.5 Å². The summed E-state index contributed by atoms with van der Waals surface area (Å²) in [6, 6.07) is 8.71. The van der Waals surface area contributed by atoms with Gasteiger partial charge in [0.25, 0.3) is 0 Å². The van der Waals surface area contributed by atoms with Crippen molar-refractivity contribution in [2.75, 3.05) is 13.2 Å². The first-order chi connectivity index (χ1) is 7.57. The highest BCUT2D eigenvalue weighted by atomic mass is 16.5. The van der Waals surface area contributed by atoms with Crippen molar-refractivity contribution >= 4 is 5.97 Å². The Bertz CT molecular complexity index is 319. The fraction of sp³-hybridized carbons (Fsp3) is 0.250. The van der Waals surface area contributed by atoms with Crippen molar-refractivity contribution in [3.8, 4) is 5.75 Å². The van der Waals surface area contributed by atoms with Crippen molar-refractivity contribution in [1.29, 1.82) is 0 Å². The lowest BCUT2D eigenvalue weighted by Gasteiger charge is -1.99. The monoisotopic (exact) mass is 224 g/mol. The highest BCUT2D eigenvalue weighted by Gasteiger charge is 1.99. The Morgan fingerprint density at radius 3 is 2.25 bits per heavy atom. The number of benzene rings is 1. The molecular formula is C12H16O4. The zero-order valence-electron chi connectivity index (χ0n) is 9.22. The van der Waals surface area contributed by atoms with Gasteiger partial charge in [-0.15, -0.1) is 0 Å². The number of phenolic OH excluding ortho intramolecular Hbond substituents is 1. The molecule has 0 aliphatic carbocycles. The standard InChI is InChI=1S/C6H10O3.C6H6O/c1-5(2)6(8)9-4-3-7;7-6-4-2-1-3-5-6/h7H,1,3-4H2,2H3;1-5,7H. The lowest BCUT2D eigenvalue weighted by atomic mass is 10.3. The van der Waals surface area contributed by atoms with Crippen LogP contribution in [0.5, 0.6) is 5.75 Å². The number of ether oxygens (including phenoxy) is 1. The van der Waals surface area contributed by atoms with E-state index in [1.54, 1.807) is 31.2 Å². The van der Waals surface area contributed by atoms with Gasteiger partial charge in [0.1, 0.15) is 12.4 Å². The molecule has 4 nitrogen and oxygen atoms in total. The minimum absolute atomic E-state index is 0.0473. The van der Waals surface area contributed by atoms with Crippen molar-refractivity contribution in [2.45, 2.75) is 6.92 Å². The normalized spacial score (nSPS) is 8.62. The molecule has 16 heavy (non-hydrogen) atoms. The van der Waals surface area contributed by atoms with Gasteiger partial charge in [-0.1, -0.05) is 24.8 Å². The number of hydrogen-bond acceptors (Lipinski definition) is 4. The predicted molar refractivity (Wildman–Crippen MR) is 61.0 cm³/mol. The van der Waals surface area contributed by atoms with E-state index in [2.05, 4.69) is 11.3 Å². The highest BCUT2D eigenvalue weighted by molar-refractivity contribution is 5.86. The third kappa shape index (κ3) is 7.58. The van der Waals surface area contributed by atoms with E-state index >= 15 is 0 Å². The molecular weight excluding hydrogens is 208 g/mol. The third-order valence-corrected chi connectivity index (χ3v) is 1.43. The van der Waals surface area contributed by atoms with E-state index in [9.17, 15) is 4.79 Å². The molecule has 0 heterocycles. The number of carbonyl (C=O) groups is 1. The van der Waals surface area contributed by atoms with Crippen LogP contribution in [0.4, 0.5) is 0 Å². The first-order valence-electron chi connectivity index (χ1n) is 4.75. The van der Waals surface area contributed by atoms with E-state index in [0.29, 0.717) is 11.3 Å². The Balaban J connectivity index is 0.000000288. The number of hydrogen-bond donors (Lipinski definition) is 2. The molecule has 0 fully saturated rings. The maximum atomic E-state index is 10.5. The Labute approximate surface area is 94.8 Å². The predicted octanol–water partition coefficient (Wildman–Crippen LogP) is 1.49. The van der Waals surface area contributed by atoms with Gasteiger partial charge in [-0.05, 0) is 19.1 Å². The van der Waals surface area contributed by atoms with E-state index in [0.717, 1.165) is 0 Å². The van der Waals surface area contributed by atoms with Crippen molar-refractivity contribution in [1.82, 2.24) is 0 Å². The molecule has 2 N–H and O–H groups in total. The van der Waals surface area contributed by atoms with Crippen LogP contribution in [0, 0.1) is 0 Å². The molecule has 0 spiro atoms. The number of aliphatic hydroxyl groups is 1. The minimum atomic E-state index is -0.455. The first kappa shape index (κ1) is 14.2. The van der Waals surface area contributed by atoms with Crippen LogP contribution < -0.4 is 0 Å². The molecule has 0 bridgehead atoms. The Kier molecular flexibility index (Phi) is 7.53. The second-order valence-electron chi connectivity index (χ2n) is 2.98. The van der Waals surface area contributed by atoms with Crippen molar-refractivity contribution < 1.29 is 19.7 Å². The van der Waals surface area contributed by atoms with Crippen LogP contribution in [0.2, 0.25) is 0 Å². The summed E-state index contributed by atoms with van der Waals surface area (Å²) in [5, 5.41) is 16.8. The fourth-order valence-corrected chi connectivity index (χ4v) is 0.690. The maximum Gasteiger partial charge on any atom is 0.333 e. The van der Waals surface area contributed by atoms with Crippen LogP contribution in [0.1, 0.15) is 6.92 Å². The molecule has 0 aromatic heterocycles. The van der Waals surface area contributed by atoms with Crippen LogP contribution >= 0.6 is 0 Å². The maximum absolute atomic E-state index is 10.5. The molecule has 0 aliphatic heterocycles. The molecule has 0 aliphatic rings. The number of aromatic hydroxyl groups is 1. The SMILES string of the molecule is C=C(C)C(=O)OCCO.Oc1ccccc1. The summed E-state index contributed by atoms with van der Waals surface area (Å²) in [5.74, 6) is -0.133. The molecule has 0 unspecified atom stereocenters. The molecule has 0 saturated carbocycles. The van der Waals surface area contributed by atoms with E-state index in [1.807, 2.05) is 6.07 Å². The molecule has 0 saturated heterocycles. The average Bonchev–Trinajstić information content (AvgIpc) is 2.27. The van der Waals surface area contributed by atoms with Crippen LogP contribution in [-0.4, -0.2) is 29.4 Å². The van der Waals surface area contributed by atoms with Crippen LogP contribution in [0.3, 0.4) is 0 Å². The molecule has 1 aromatic rings. The second-order valence-corrected chi connectivity index (χ2v) is 2.98. The number of rotatable bonds is 3. The summed E-state index contributed by atoms with van der Waals surface area (Å²) in [6.07, 6.45) is 0. The number of para-hydroxylation sites is 1. The van der Waals surface area contributed by atoms with Gasteiger partial charge in [0.15, 0.2) is 0 Å². The summed E-state index contributed by atoms with van der Waals surface area (Å²) >= 11 is 0. The van der Waals surface area contributed by atoms with Gasteiger partial charge in [0, 0.05) is 5.57 Å². The quantitative estimate of drug-likeness (QED) is 0.603. The summed E-state index contributed by atoms with van der Waals surface area (Å²) in [4.78, 5) is 10.5. The van der Waals surface area contributed by atoms with Gasteiger partial charge >= 0.3 is 5.97 Å². The van der Waals surface area contributed by atoms with Gasteiger partial charge in [-0.25, -0.2) is 4.79 Å².